The smallest absolute Gasteiger partial charge is 0.199 e. The third-order valence-electron chi connectivity index (χ3n) is 7.95. The zero-order chi connectivity index (χ0) is 26.4. The van der Waals surface area contributed by atoms with E-state index < -0.39 is 0 Å². The molecule has 6 rings (SSSR count). The van der Waals surface area contributed by atoms with Crippen LogP contribution in [0, 0.1) is 11.8 Å². The lowest BCUT2D eigenvalue weighted by Gasteiger charge is -2.31. The fourth-order valence-corrected chi connectivity index (χ4v) is 5.81. The van der Waals surface area contributed by atoms with Crippen molar-refractivity contribution in [1.29, 1.82) is 0 Å². The molecule has 2 fully saturated rings. The van der Waals surface area contributed by atoms with Gasteiger partial charge in [0.2, 0.25) is 0 Å². The third-order valence-corrected chi connectivity index (χ3v) is 7.95. The number of likely N-dealkylation sites (tertiary alicyclic amines) is 1. The highest BCUT2D eigenvalue weighted by atomic mass is 16.7. The molecule has 0 N–H and O–H groups in total. The van der Waals surface area contributed by atoms with Gasteiger partial charge >= 0.3 is 0 Å². The third kappa shape index (κ3) is 6.06. The molecule has 0 saturated carbocycles. The normalized spacial score (nSPS) is 21.4. The molecule has 3 aliphatic heterocycles. The average molecular weight is 520 g/mol. The fourth-order valence-electron chi connectivity index (χ4n) is 5.81. The van der Waals surface area contributed by atoms with Gasteiger partial charge in [-0.1, -0.05) is 60.7 Å². The minimum Gasteiger partial charge on any atom is -0.480 e. The molecule has 0 radical (unpaired) electrons. The van der Waals surface area contributed by atoms with Gasteiger partial charge in [0.1, 0.15) is 17.6 Å². The van der Waals surface area contributed by atoms with E-state index in [0.717, 1.165) is 71.7 Å². The number of ether oxygens (including phenoxy) is 3. The molecule has 4 nitrogen and oxygen atoms in total. The van der Waals surface area contributed by atoms with Gasteiger partial charge in [0.15, 0.2) is 6.29 Å². The molecule has 0 aromatic heterocycles. The lowest BCUT2D eigenvalue weighted by atomic mass is 9.86. The average Bonchev–Trinajstić information content (AvgIpc) is 2.99. The van der Waals surface area contributed by atoms with Crippen molar-refractivity contribution in [2.75, 3.05) is 26.2 Å². The molecule has 2 saturated heterocycles. The molecule has 3 aromatic rings. The number of allylic oxidation sites excluding steroid dienone is 1. The first kappa shape index (κ1) is 25.7. The van der Waals surface area contributed by atoms with Gasteiger partial charge in [-0.25, -0.2) is 0 Å². The standard InChI is InChI=1S/C35H37NO3/c1-26-31-14-3-4-15-32(31)39-35(28-19-17-27(18-20-28)11-10-23-36-21-6-2-7-22-36)34(26)29-12-9-13-30(25-29)38-33-16-5-8-24-37-33/h3-4,9,12-15,17-20,25,33,35H,2,5-8,16,21-24H2,1H3. The predicted octanol–water partition coefficient (Wildman–Crippen LogP) is 7.49. The largest absolute Gasteiger partial charge is 0.480 e. The van der Waals surface area contributed by atoms with E-state index in [2.05, 4.69) is 84.3 Å². The first-order chi connectivity index (χ1) is 19.2. The Labute approximate surface area is 232 Å². The summed E-state index contributed by atoms with van der Waals surface area (Å²) in [6.45, 7) is 6.15. The molecule has 3 aromatic carbocycles. The van der Waals surface area contributed by atoms with E-state index in [9.17, 15) is 0 Å². The van der Waals surface area contributed by atoms with Crippen LogP contribution < -0.4 is 9.47 Å². The second-order valence-corrected chi connectivity index (χ2v) is 10.7. The van der Waals surface area contributed by atoms with Gasteiger partial charge in [0.25, 0.3) is 0 Å². The lowest BCUT2D eigenvalue weighted by Crippen LogP contribution is -2.29. The van der Waals surface area contributed by atoms with Crippen molar-refractivity contribution in [1.82, 2.24) is 4.90 Å². The van der Waals surface area contributed by atoms with Gasteiger partial charge in [0.05, 0.1) is 13.2 Å². The summed E-state index contributed by atoms with van der Waals surface area (Å²) in [7, 11) is 0. The summed E-state index contributed by atoms with van der Waals surface area (Å²) >= 11 is 0. The van der Waals surface area contributed by atoms with E-state index >= 15 is 0 Å². The van der Waals surface area contributed by atoms with Crippen molar-refractivity contribution in [2.24, 2.45) is 0 Å². The maximum atomic E-state index is 6.68. The summed E-state index contributed by atoms with van der Waals surface area (Å²) in [5.41, 5.74) is 6.77. The van der Waals surface area contributed by atoms with Gasteiger partial charge in [-0.3, -0.25) is 4.90 Å². The minimum atomic E-state index is -0.226. The minimum absolute atomic E-state index is 0.174. The predicted molar refractivity (Wildman–Crippen MR) is 157 cm³/mol. The molecule has 0 bridgehead atoms. The molecule has 2 atom stereocenters. The molecule has 3 heterocycles. The van der Waals surface area contributed by atoms with Crippen LogP contribution in [0.1, 0.15) is 73.8 Å². The summed E-state index contributed by atoms with van der Waals surface area (Å²) in [6.07, 6.45) is 6.70. The van der Waals surface area contributed by atoms with Gasteiger partial charge in [0, 0.05) is 23.1 Å². The fraction of sp³-hybridized carbons (Fsp3) is 0.371. The maximum Gasteiger partial charge on any atom is 0.199 e. The molecule has 4 heteroatoms. The number of para-hydroxylation sites is 1. The second kappa shape index (κ2) is 12.1. The molecular formula is C35H37NO3. The lowest BCUT2D eigenvalue weighted by molar-refractivity contribution is -0.105. The van der Waals surface area contributed by atoms with Crippen LogP contribution in [0.3, 0.4) is 0 Å². The SMILES string of the molecule is CC1=C(c2cccc(OC3CCCCO3)c2)C(c2ccc(C#CCN3CCCCC3)cc2)Oc2ccccc21. The molecule has 0 amide bonds. The Morgan fingerprint density at radius 3 is 2.56 bits per heavy atom. The zero-order valence-electron chi connectivity index (χ0n) is 22.8. The highest BCUT2D eigenvalue weighted by molar-refractivity contribution is 5.95. The first-order valence-corrected chi connectivity index (χ1v) is 14.4. The Bertz CT molecular complexity index is 1370. The number of benzene rings is 3. The summed E-state index contributed by atoms with van der Waals surface area (Å²) in [4.78, 5) is 2.45. The monoisotopic (exact) mass is 519 g/mol. The molecule has 3 aliphatic rings. The molecule has 200 valence electrons. The summed E-state index contributed by atoms with van der Waals surface area (Å²) in [5, 5.41) is 0. The number of rotatable bonds is 5. The Kier molecular flexibility index (Phi) is 8.00. The van der Waals surface area contributed by atoms with Crippen molar-refractivity contribution >= 4 is 11.1 Å². The van der Waals surface area contributed by atoms with E-state index in [1.54, 1.807) is 0 Å². The second-order valence-electron chi connectivity index (χ2n) is 10.7. The molecule has 2 unspecified atom stereocenters. The van der Waals surface area contributed by atoms with Gasteiger partial charge in [-0.2, -0.15) is 0 Å². The van der Waals surface area contributed by atoms with E-state index in [0.29, 0.717) is 0 Å². The van der Waals surface area contributed by atoms with Gasteiger partial charge in [-0.15, -0.1) is 0 Å². The number of fused-ring (bicyclic) bond motifs is 1. The number of piperidine rings is 1. The molecule has 39 heavy (non-hydrogen) atoms. The number of hydrogen-bond acceptors (Lipinski definition) is 4. The Hall–Kier alpha value is -3.52. The Morgan fingerprint density at radius 1 is 0.897 bits per heavy atom. The van der Waals surface area contributed by atoms with E-state index in [-0.39, 0.29) is 12.4 Å². The summed E-state index contributed by atoms with van der Waals surface area (Å²) < 4.78 is 18.7. The Balaban J connectivity index is 1.28. The Morgan fingerprint density at radius 2 is 1.74 bits per heavy atom. The van der Waals surface area contributed by atoms with Crippen LogP contribution in [-0.4, -0.2) is 37.4 Å². The zero-order valence-corrected chi connectivity index (χ0v) is 22.8. The van der Waals surface area contributed by atoms with Gasteiger partial charge < -0.3 is 14.2 Å². The van der Waals surface area contributed by atoms with Crippen LogP contribution in [-0.2, 0) is 4.74 Å². The summed E-state index contributed by atoms with van der Waals surface area (Å²) in [5.74, 6) is 8.48. The van der Waals surface area contributed by atoms with Crippen molar-refractivity contribution < 1.29 is 14.2 Å². The molecule has 0 aliphatic carbocycles. The quantitative estimate of drug-likeness (QED) is 0.327. The topological polar surface area (TPSA) is 30.9 Å². The van der Waals surface area contributed by atoms with E-state index in [4.69, 9.17) is 14.2 Å². The molecule has 0 spiro atoms. The summed E-state index contributed by atoms with van der Waals surface area (Å²) in [6, 6.07) is 25.2. The number of nitrogens with zero attached hydrogens (tertiary/aromatic N) is 1. The number of hydrogen-bond donors (Lipinski definition) is 0. The van der Waals surface area contributed by atoms with Gasteiger partial charge in [-0.05, 0) is 92.7 Å². The van der Waals surface area contributed by atoms with Crippen molar-refractivity contribution in [3.05, 3.63) is 95.1 Å². The molecular weight excluding hydrogens is 482 g/mol. The van der Waals surface area contributed by atoms with Crippen LogP contribution in [0.2, 0.25) is 0 Å². The van der Waals surface area contributed by atoms with Crippen LogP contribution in [0.4, 0.5) is 0 Å². The van der Waals surface area contributed by atoms with E-state index in [1.807, 2.05) is 12.1 Å². The van der Waals surface area contributed by atoms with Crippen molar-refractivity contribution in [3.8, 4) is 23.3 Å². The van der Waals surface area contributed by atoms with E-state index in [1.165, 1.54) is 37.9 Å². The van der Waals surface area contributed by atoms with Crippen LogP contribution in [0.15, 0.2) is 72.8 Å². The highest BCUT2D eigenvalue weighted by Crippen LogP contribution is 2.46. The van der Waals surface area contributed by atoms with Crippen molar-refractivity contribution in [2.45, 2.75) is 57.8 Å². The van der Waals surface area contributed by atoms with Crippen LogP contribution in [0.25, 0.3) is 11.1 Å². The van der Waals surface area contributed by atoms with Crippen molar-refractivity contribution in [3.63, 3.8) is 0 Å². The first-order valence-electron chi connectivity index (χ1n) is 14.4. The van der Waals surface area contributed by atoms with Crippen LogP contribution in [0.5, 0.6) is 11.5 Å². The highest BCUT2D eigenvalue weighted by Gasteiger charge is 2.29. The maximum absolute atomic E-state index is 6.68. The van der Waals surface area contributed by atoms with Crippen LogP contribution >= 0.6 is 0 Å².